The molecule has 0 saturated carbocycles. The van der Waals surface area contributed by atoms with Gasteiger partial charge in [-0.1, -0.05) is 24.3 Å². The van der Waals surface area contributed by atoms with Gasteiger partial charge in [0.25, 0.3) is 0 Å². The molecule has 1 aromatic heterocycles. The van der Waals surface area contributed by atoms with Crippen LogP contribution in [0.15, 0.2) is 60.7 Å². The second-order valence-corrected chi connectivity index (χ2v) is 5.97. The molecule has 0 unspecified atom stereocenters. The van der Waals surface area contributed by atoms with Crippen LogP contribution in [0.5, 0.6) is 5.75 Å². The number of hydrogen-bond acceptors (Lipinski definition) is 3. The lowest BCUT2D eigenvalue weighted by molar-refractivity contribution is 0.415. The molecular formula is C18H16N2OS. The SMILES string of the molecule is COc1ccc(-c2ccc(-c3ccc(C(=N)N)cc3)s2)cc1. The van der Waals surface area contributed by atoms with Crippen LogP contribution in [0.2, 0.25) is 0 Å². The topological polar surface area (TPSA) is 59.1 Å². The molecule has 4 heteroatoms. The maximum absolute atomic E-state index is 7.43. The van der Waals surface area contributed by atoms with E-state index in [1.165, 1.54) is 15.3 Å². The van der Waals surface area contributed by atoms with Gasteiger partial charge in [0.2, 0.25) is 0 Å². The second kappa shape index (κ2) is 6.03. The molecule has 0 aliphatic rings. The fraction of sp³-hybridized carbons (Fsp3) is 0.0556. The molecule has 0 spiro atoms. The Bertz CT molecular complexity index is 789. The van der Waals surface area contributed by atoms with E-state index in [9.17, 15) is 0 Å². The average Bonchev–Trinajstić information content (AvgIpc) is 3.05. The number of thiophene rings is 1. The lowest BCUT2D eigenvalue weighted by Crippen LogP contribution is -2.10. The summed E-state index contributed by atoms with van der Waals surface area (Å²) in [5, 5.41) is 7.43. The smallest absolute Gasteiger partial charge is 0.122 e. The minimum absolute atomic E-state index is 0.0941. The third kappa shape index (κ3) is 2.87. The van der Waals surface area contributed by atoms with Crippen LogP contribution in [0.4, 0.5) is 0 Å². The van der Waals surface area contributed by atoms with E-state index in [1.807, 2.05) is 36.4 Å². The van der Waals surface area contributed by atoms with Crippen molar-refractivity contribution in [1.82, 2.24) is 0 Å². The van der Waals surface area contributed by atoms with Crippen LogP contribution < -0.4 is 10.5 Å². The maximum atomic E-state index is 7.43. The van der Waals surface area contributed by atoms with Gasteiger partial charge in [-0.3, -0.25) is 5.41 Å². The Kier molecular flexibility index (Phi) is 3.94. The van der Waals surface area contributed by atoms with E-state index < -0.39 is 0 Å². The summed E-state index contributed by atoms with van der Waals surface area (Å²) in [6.45, 7) is 0. The largest absolute Gasteiger partial charge is 0.497 e. The van der Waals surface area contributed by atoms with E-state index in [1.54, 1.807) is 18.4 Å². The monoisotopic (exact) mass is 308 g/mol. The minimum Gasteiger partial charge on any atom is -0.497 e. The Hall–Kier alpha value is -2.59. The lowest BCUT2D eigenvalue weighted by Gasteiger charge is -2.02. The van der Waals surface area contributed by atoms with Crippen molar-refractivity contribution in [2.45, 2.75) is 0 Å². The number of nitrogen functional groups attached to an aromatic ring is 1. The first-order valence-electron chi connectivity index (χ1n) is 6.86. The summed E-state index contributed by atoms with van der Waals surface area (Å²) in [5.41, 5.74) is 8.54. The number of nitrogens with one attached hydrogen (secondary N) is 1. The Morgan fingerprint density at radius 1 is 0.864 bits per heavy atom. The molecule has 3 aromatic rings. The highest BCUT2D eigenvalue weighted by Gasteiger charge is 2.06. The van der Waals surface area contributed by atoms with E-state index in [2.05, 4.69) is 24.3 Å². The highest BCUT2D eigenvalue weighted by atomic mass is 32.1. The maximum Gasteiger partial charge on any atom is 0.122 e. The van der Waals surface area contributed by atoms with Gasteiger partial charge in [-0.25, -0.2) is 0 Å². The Balaban J connectivity index is 1.87. The molecule has 0 fully saturated rings. The quantitative estimate of drug-likeness (QED) is 0.555. The lowest BCUT2D eigenvalue weighted by atomic mass is 10.1. The van der Waals surface area contributed by atoms with Gasteiger partial charge in [0.1, 0.15) is 11.6 Å². The van der Waals surface area contributed by atoms with Crippen LogP contribution in [-0.4, -0.2) is 12.9 Å². The summed E-state index contributed by atoms with van der Waals surface area (Å²) < 4.78 is 5.19. The molecular weight excluding hydrogens is 292 g/mol. The summed E-state index contributed by atoms with van der Waals surface area (Å²) in [4.78, 5) is 2.41. The van der Waals surface area contributed by atoms with E-state index in [0.29, 0.717) is 0 Å². The van der Waals surface area contributed by atoms with Gasteiger partial charge < -0.3 is 10.5 Å². The first kappa shape index (κ1) is 14.4. The zero-order valence-electron chi connectivity index (χ0n) is 12.2. The molecule has 3 nitrogen and oxygen atoms in total. The van der Waals surface area contributed by atoms with Crippen LogP contribution in [-0.2, 0) is 0 Å². The number of benzene rings is 2. The van der Waals surface area contributed by atoms with E-state index in [0.717, 1.165) is 16.9 Å². The third-order valence-electron chi connectivity index (χ3n) is 3.46. The minimum atomic E-state index is 0.0941. The van der Waals surface area contributed by atoms with Crippen LogP contribution in [0.25, 0.3) is 20.9 Å². The first-order valence-corrected chi connectivity index (χ1v) is 7.68. The molecule has 3 N–H and O–H groups in total. The zero-order chi connectivity index (χ0) is 15.5. The highest BCUT2D eigenvalue weighted by Crippen LogP contribution is 2.35. The molecule has 0 aliphatic heterocycles. The molecule has 3 rings (SSSR count). The van der Waals surface area contributed by atoms with Crippen LogP contribution >= 0.6 is 11.3 Å². The average molecular weight is 308 g/mol. The molecule has 110 valence electrons. The van der Waals surface area contributed by atoms with Crippen LogP contribution in [0.1, 0.15) is 5.56 Å². The number of hydrogen-bond donors (Lipinski definition) is 2. The Labute approximate surface area is 133 Å². The van der Waals surface area contributed by atoms with Crippen molar-refractivity contribution in [2.24, 2.45) is 5.73 Å². The molecule has 0 aliphatic carbocycles. The van der Waals surface area contributed by atoms with E-state index in [4.69, 9.17) is 15.9 Å². The molecule has 0 amide bonds. The molecule has 0 radical (unpaired) electrons. The van der Waals surface area contributed by atoms with Gasteiger partial charge in [-0.15, -0.1) is 11.3 Å². The Morgan fingerprint density at radius 2 is 1.36 bits per heavy atom. The highest BCUT2D eigenvalue weighted by molar-refractivity contribution is 7.18. The first-order chi connectivity index (χ1) is 10.7. The predicted octanol–water partition coefficient (Wildman–Crippen LogP) is 4.37. The molecule has 2 aromatic carbocycles. The van der Waals surface area contributed by atoms with E-state index >= 15 is 0 Å². The summed E-state index contributed by atoms with van der Waals surface area (Å²) in [7, 11) is 1.67. The summed E-state index contributed by atoms with van der Waals surface area (Å²) >= 11 is 1.74. The van der Waals surface area contributed by atoms with Crippen molar-refractivity contribution >= 4 is 17.2 Å². The van der Waals surface area contributed by atoms with Crippen LogP contribution in [0, 0.1) is 5.41 Å². The zero-order valence-corrected chi connectivity index (χ0v) is 13.0. The predicted molar refractivity (Wildman–Crippen MR) is 92.8 cm³/mol. The number of amidine groups is 1. The third-order valence-corrected chi connectivity index (χ3v) is 4.64. The number of methoxy groups -OCH3 is 1. The Morgan fingerprint density at radius 3 is 1.82 bits per heavy atom. The summed E-state index contributed by atoms with van der Waals surface area (Å²) in [6.07, 6.45) is 0. The molecule has 1 heterocycles. The summed E-state index contributed by atoms with van der Waals surface area (Å²) in [6, 6.07) is 20.1. The van der Waals surface area contributed by atoms with Crippen molar-refractivity contribution < 1.29 is 4.74 Å². The molecule has 0 saturated heterocycles. The standard InChI is InChI=1S/C18H16N2OS/c1-21-15-8-6-13(7-9-15)17-11-10-16(22-17)12-2-4-14(5-3-12)18(19)20/h2-11H,1H3,(H3,19,20). The normalized spacial score (nSPS) is 10.4. The van der Waals surface area contributed by atoms with Crippen molar-refractivity contribution in [3.63, 3.8) is 0 Å². The van der Waals surface area contributed by atoms with Gasteiger partial charge in [0.05, 0.1) is 7.11 Å². The van der Waals surface area contributed by atoms with E-state index in [-0.39, 0.29) is 5.84 Å². The van der Waals surface area contributed by atoms with Crippen LogP contribution in [0.3, 0.4) is 0 Å². The van der Waals surface area contributed by atoms with Crippen molar-refractivity contribution in [3.05, 3.63) is 66.2 Å². The van der Waals surface area contributed by atoms with Gasteiger partial charge in [0.15, 0.2) is 0 Å². The van der Waals surface area contributed by atoms with Gasteiger partial charge in [-0.05, 0) is 47.5 Å². The molecule has 0 bridgehead atoms. The molecule has 0 atom stereocenters. The van der Waals surface area contributed by atoms with Gasteiger partial charge in [0, 0.05) is 15.3 Å². The van der Waals surface area contributed by atoms with Gasteiger partial charge >= 0.3 is 0 Å². The number of rotatable bonds is 4. The fourth-order valence-electron chi connectivity index (χ4n) is 2.22. The van der Waals surface area contributed by atoms with Crippen molar-refractivity contribution in [2.75, 3.05) is 7.11 Å². The van der Waals surface area contributed by atoms with Crippen molar-refractivity contribution in [1.29, 1.82) is 5.41 Å². The summed E-state index contributed by atoms with van der Waals surface area (Å²) in [5.74, 6) is 0.956. The number of ether oxygens (including phenoxy) is 1. The number of nitrogens with two attached hydrogens (primary N) is 1. The van der Waals surface area contributed by atoms with Crippen molar-refractivity contribution in [3.8, 4) is 26.6 Å². The van der Waals surface area contributed by atoms with Gasteiger partial charge in [-0.2, -0.15) is 0 Å². The molecule has 22 heavy (non-hydrogen) atoms. The second-order valence-electron chi connectivity index (χ2n) is 4.88. The fourth-order valence-corrected chi connectivity index (χ4v) is 3.23.